The van der Waals surface area contributed by atoms with Crippen LogP contribution in [-0.4, -0.2) is 35.5 Å². The van der Waals surface area contributed by atoms with Crippen molar-refractivity contribution in [2.75, 3.05) is 13.7 Å². The lowest BCUT2D eigenvalue weighted by molar-refractivity contribution is 0.0376. The van der Waals surface area contributed by atoms with Gasteiger partial charge in [-0.05, 0) is 102 Å². The molecule has 1 heterocycles. The van der Waals surface area contributed by atoms with Crippen molar-refractivity contribution in [3.05, 3.63) is 88.5 Å². The highest BCUT2D eigenvalue weighted by Gasteiger charge is 2.37. The molecule has 0 unspecified atom stereocenters. The van der Waals surface area contributed by atoms with E-state index >= 15 is 4.39 Å². The summed E-state index contributed by atoms with van der Waals surface area (Å²) in [5.74, 6) is -0.544. The van der Waals surface area contributed by atoms with Crippen LogP contribution in [0.4, 0.5) is 4.39 Å². The van der Waals surface area contributed by atoms with E-state index in [0.29, 0.717) is 24.3 Å². The summed E-state index contributed by atoms with van der Waals surface area (Å²) in [6.45, 7) is 12.6. The summed E-state index contributed by atoms with van der Waals surface area (Å²) in [6, 6.07) is 15.4. The number of carbonyl (C=O) groups excluding carboxylic acids is 1. The lowest BCUT2D eigenvalue weighted by Gasteiger charge is -2.32. The third kappa shape index (κ3) is 8.23. The molecule has 0 fully saturated rings. The Hall–Kier alpha value is -3.98. The minimum absolute atomic E-state index is 0.165. The number of hydrogen-bond acceptors (Lipinski definition) is 8. The van der Waals surface area contributed by atoms with Gasteiger partial charge in [-0.3, -0.25) is 18.4 Å². The van der Waals surface area contributed by atoms with E-state index < -0.39 is 36.0 Å². The van der Waals surface area contributed by atoms with Gasteiger partial charge in [0.1, 0.15) is 22.8 Å². The summed E-state index contributed by atoms with van der Waals surface area (Å²) in [6.07, 6.45) is 2.21. The first-order valence-corrected chi connectivity index (χ1v) is 16.5. The highest BCUT2D eigenvalue weighted by Crippen LogP contribution is 2.53. The smallest absolute Gasteiger partial charge is 0.362 e. The van der Waals surface area contributed by atoms with Crippen molar-refractivity contribution in [1.29, 1.82) is 0 Å². The fraction of sp³-hybridized carbons (Fsp3) is 0.371. The Morgan fingerprint density at radius 1 is 0.891 bits per heavy atom. The van der Waals surface area contributed by atoms with Gasteiger partial charge in [0.2, 0.25) is 0 Å². The van der Waals surface area contributed by atoms with Gasteiger partial charge in [-0.1, -0.05) is 19.1 Å². The number of pyridine rings is 1. The van der Waals surface area contributed by atoms with E-state index in [1.807, 2.05) is 6.92 Å². The van der Waals surface area contributed by atoms with Gasteiger partial charge in [0, 0.05) is 11.8 Å². The number of carbonyl (C=O) groups is 1. The second-order valence-electron chi connectivity index (χ2n) is 12.7. The van der Waals surface area contributed by atoms with Crippen molar-refractivity contribution >= 4 is 29.8 Å². The first-order valence-electron chi connectivity index (χ1n) is 15.0. The van der Waals surface area contributed by atoms with Gasteiger partial charge in [0.05, 0.1) is 41.2 Å². The largest absolute Gasteiger partial charge is 0.497 e. The van der Waals surface area contributed by atoms with E-state index in [-0.39, 0.29) is 39.8 Å². The quantitative estimate of drug-likeness (QED) is 0.119. The molecule has 3 aromatic carbocycles. The highest BCUT2D eigenvalue weighted by molar-refractivity contribution is 7.62. The number of fused-ring (bicyclic) bond motifs is 1. The van der Waals surface area contributed by atoms with Crippen LogP contribution in [-0.2, 0) is 25.1 Å². The molecule has 0 bridgehead atoms. The van der Waals surface area contributed by atoms with Crippen LogP contribution in [0.15, 0.2) is 71.7 Å². The molecular formula is C35H41FNO8P. The summed E-state index contributed by atoms with van der Waals surface area (Å²) in [5, 5.41) is 0.105. The van der Waals surface area contributed by atoms with Crippen LogP contribution in [0.2, 0.25) is 0 Å². The molecule has 0 saturated heterocycles. The Balaban J connectivity index is 1.71. The van der Waals surface area contributed by atoms with E-state index in [2.05, 4.69) is 0 Å². The second-order valence-corrected chi connectivity index (χ2v) is 14.6. The monoisotopic (exact) mass is 653 g/mol. The molecule has 246 valence electrons. The minimum atomic E-state index is -3.76. The van der Waals surface area contributed by atoms with Crippen LogP contribution in [0.1, 0.15) is 65.2 Å². The van der Waals surface area contributed by atoms with Crippen LogP contribution in [0.25, 0.3) is 22.0 Å². The van der Waals surface area contributed by atoms with E-state index in [1.54, 1.807) is 65.8 Å². The maximum Gasteiger partial charge on any atom is 0.362 e. The number of esters is 1. The minimum Gasteiger partial charge on any atom is -0.497 e. The Morgan fingerprint density at radius 2 is 1.50 bits per heavy atom. The molecular weight excluding hydrogens is 612 g/mol. The summed E-state index contributed by atoms with van der Waals surface area (Å²) >= 11 is 0. The van der Waals surface area contributed by atoms with Gasteiger partial charge >= 0.3 is 13.6 Å². The predicted octanol–water partition coefficient (Wildman–Crippen LogP) is 7.87. The fourth-order valence-corrected chi connectivity index (χ4v) is 6.91. The summed E-state index contributed by atoms with van der Waals surface area (Å²) < 4.78 is 59.2. The summed E-state index contributed by atoms with van der Waals surface area (Å²) in [7, 11) is -2.23. The number of methoxy groups -OCH3 is 1. The number of rotatable bonds is 11. The lowest BCUT2D eigenvalue weighted by Crippen LogP contribution is -2.28. The number of halogens is 1. The molecule has 0 amide bonds. The fourth-order valence-electron chi connectivity index (χ4n) is 4.71. The summed E-state index contributed by atoms with van der Waals surface area (Å²) in [4.78, 5) is 26.9. The van der Waals surface area contributed by atoms with Crippen LogP contribution < -0.4 is 20.2 Å². The molecule has 4 rings (SSSR count). The SMILES string of the molecule is CCCOc1ccc(F)c2c(=O)c(-c3ccc(OC)cc3)cn(COC(=O)c3ccc(P(=O)(OC(C)(C)C)OC(C)(C)C)cc3)c12. The van der Waals surface area contributed by atoms with Gasteiger partial charge in [0.25, 0.3) is 0 Å². The molecule has 0 N–H and O–H groups in total. The summed E-state index contributed by atoms with van der Waals surface area (Å²) in [5.41, 5.74) is -0.978. The van der Waals surface area contributed by atoms with Crippen LogP contribution in [0.5, 0.6) is 11.5 Å². The van der Waals surface area contributed by atoms with Crippen molar-refractivity contribution in [1.82, 2.24) is 4.57 Å². The molecule has 0 aliphatic rings. The molecule has 0 atom stereocenters. The molecule has 9 nitrogen and oxygen atoms in total. The third-order valence-electron chi connectivity index (χ3n) is 6.54. The molecule has 0 saturated carbocycles. The predicted molar refractivity (Wildman–Crippen MR) is 177 cm³/mol. The van der Waals surface area contributed by atoms with Gasteiger partial charge in [-0.2, -0.15) is 0 Å². The Morgan fingerprint density at radius 3 is 2.04 bits per heavy atom. The maximum absolute atomic E-state index is 15.3. The van der Waals surface area contributed by atoms with Gasteiger partial charge in [0.15, 0.2) is 12.2 Å². The number of aromatic nitrogens is 1. The molecule has 1 aromatic heterocycles. The zero-order valence-corrected chi connectivity index (χ0v) is 28.4. The lowest BCUT2D eigenvalue weighted by atomic mass is 10.0. The first kappa shape index (κ1) is 34.9. The van der Waals surface area contributed by atoms with Crippen molar-refractivity contribution in [2.24, 2.45) is 0 Å². The molecule has 4 aromatic rings. The Bertz CT molecular complexity index is 1780. The van der Waals surface area contributed by atoms with Gasteiger partial charge < -0.3 is 18.8 Å². The first-order chi connectivity index (χ1) is 21.5. The molecule has 46 heavy (non-hydrogen) atoms. The number of nitrogens with zero attached hydrogens (tertiary/aromatic N) is 1. The van der Waals surface area contributed by atoms with E-state index in [9.17, 15) is 14.2 Å². The average Bonchev–Trinajstić information content (AvgIpc) is 2.98. The average molecular weight is 654 g/mol. The Kier molecular flexibility index (Phi) is 10.5. The third-order valence-corrected chi connectivity index (χ3v) is 9.05. The van der Waals surface area contributed by atoms with Crippen LogP contribution >= 0.6 is 7.60 Å². The maximum atomic E-state index is 15.3. The van der Waals surface area contributed by atoms with Crippen molar-refractivity contribution < 1.29 is 37.0 Å². The highest BCUT2D eigenvalue weighted by atomic mass is 31.2. The van der Waals surface area contributed by atoms with Crippen molar-refractivity contribution in [3.63, 3.8) is 0 Å². The van der Waals surface area contributed by atoms with Crippen molar-refractivity contribution in [3.8, 4) is 22.6 Å². The standard InChI is InChI=1S/C35H41FNO8P/c1-9-20-42-29-19-18-28(36)30-31(29)37(21-27(32(30)38)23-10-14-25(41-8)15-11-23)22-43-33(39)24-12-16-26(17-13-24)46(40,44-34(2,3)4)45-35(5,6)7/h10-19,21H,9,20,22H2,1-8H3. The van der Waals surface area contributed by atoms with E-state index in [0.717, 1.165) is 0 Å². The molecule has 0 spiro atoms. The van der Waals surface area contributed by atoms with Crippen molar-refractivity contribution in [2.45, 2.75) is 72.8 Å². The zero-order chi connectivity index (χ0) is 33.9. The second kappa shape index (κ2) is 13.8. The van der Waals surface area contributed by atoms with Gasteiger partial charge in [-0.15, -0.1) is 0 Å². The van der Waals surface area contributed by atoms with Crippen LogP contribution in [0.3, 0.4) is 0 Å². The molecule has 0 aliphatic heterocycles. The van der Waals surface area contributed by atoms with Gasteiger partial charge in [-0.25, -0.2) is 9.18 Å². The normalized spacial score (nSPS) is 12.3. The molecule has 0 radical (unpaired) electrons. The molecule has 11 heteroatoms. The van der Waals surface area contributed by atoms with E-state index in [4.69, 9.17) is 23.3 Å². The molecule has 0 aliphatic carbocycles. The number of ether oxygens (including phenoxy) is 3. The topological polar surface area (TPSA) is 102 Å². The van der Waals surface area contributed by atoms with Crippen LogP contribution in [0, 0.1) is 5.82 Å². The number of benzene rings is 3. The zero-order valence-electron chi connectivity index (χ0n) is 27.5. The number of hydrogen-bond donors (Lipinski definition) is 0. The van der Waals surface area contributed by atoms with E-state index in [1.165, 1.54) is 54.3 Å². The Labute approximate surface area is 268 Å².